The van der Waals surface area contributed by atoms with E-state index in [0.717, 1.165) is 12.8 Å². The third-order valence-corrected chi connectivity index (χ3v) is 6.23. The third kappa shape index (κ3) is 3.06. The van der Waals surface area contributed by atoms with Crippen LogP contribution in [0.4, 0.5) is 0 Å². The number of sulfonamides is 1. The maximum Gasteiger partial charge on any atom is 0.246 e. The summed E-state index contributed by atoms with van der Waals surface area (Å²) in [4.78, 5) is 0.0150. The first kappa shape index (κ1) is 15.1. The van der Waals surface area contributed by atoms with E-state index < -0.39 is 10.0 Å². The van der Waals surface area contributed by atoms with Crippen molar-refractivity contribution >= 4 is 33.2 Å². The Hall–Kier alpha value is -0.330. The van der Waals surface area contributed by atoms with Gasteiger partial charge < -0.3 is 5.32 Å². The monoisotopic (exact) mass is 322 g/mol. The lowest BCUT2D eigenvalue weighted by Gasteiger charge is -2.31. The van der Waals surface area contributed by atoms with Crippen molar-refractivity contribution in [2.24, 2.45) is 0 Å². The molecular formula is C12H16Cl2N2O2S. The molecule has 0 unspecified atom stereocenters. The molecule has 0 aromatic heterocycles. The van der Waals surface area contributed by atoms with Crippen molar-refractivity contribution in [2.75, 3.05) is 20.1 Å². The topological polar surface area (TPSA) is 49.4 Å². The molecule has 0 aliphatic carbocycles. The third-order valence-electron chi connectivity index (χ3n) is 3.38. The van der Waals surface area contributed by atoms with E-state index in [2.05, 4.69) is 5.32 Å². The largest absolute Gasteiger partial charge is 0.317 e. The van der Waals surface area contributed by atoms with Crippen LogP contribution in [0.5, 0.6) is 0 Å². The van der Waals surface area contributed by atoms with Gasteiger partial charge in [0.05, 0.1) is 10.0 Å². The second kappa shape index (κ2) is 5.97. The summed E-state index contributed by atoms with van der Waals surface area (Å²) in [6.07, 6.45) is 1.58. The fourth-order valence-corrected chi connectivity index (χ4v) is 4.80. The molecule has 2 rings (SSSR count). The second-order valence-electron chi connectivity index (χ2n) is 4.52. The van der Waals surface area contributed by atoms with Crippen molar-refractivity contribution in [3.63, 3.8) is 0 Å². The van der Waals surface area contributed by atoms with E-state index in [1.807, 2.05) is 7.05 Å². The van der Waals surface area contributed by atoms with Crippen LogP contribution in [0, 0.1) is 0 Å². The Bertz CT molecular complexity index is 535. The lowest BCUT2D eigenvalue weighted by molar-refractivity contribution is 0.298. The van der Waals surface area contributed by atoms with Gasteiger partial charge in [0, 0.05) is 19.1 Å². The van der Waals surface area contributed by atoms with Gasteiger partial charge in [0.1, 0.15) is 4.90 Å². The molecule has 0 saturated carbocycles. The number of hydrogen-bond donors (Lipinski definition) is 1. The molecule has 1 saturated heterocycles. The molecule has 106 valence electrons. The van der Waals surface area contributed by atoms with Gasteiger partial charge in [0.2, 0.25) is 10.0 Å². The summed E-state index contributed by atoms with van der Waals surface area (Å²) < 4.78 is 26.6. The number of nitrogens with zero attached hydrogens (tertiary/aromatic N) is 1. The van der Waals surface area contributed by atoms with Gasteiger partial charge >= 0.3 is 0 Å². The van der Waals surface area contributed by atoms with E-state index in [-0.39, 0.29) is 14.9 Å². The summed E-state index contributed by atoms with van der Waals surface area (Å²) in [7, 11) is -1.72. The summed E-state index contributed by atoms with van der Waals surface area (Å²) in [6.45, 7) is 0.963. The molecule has 0 radical (unpaired) electrons. The SMILES string of the molecule is CNC1CCN(S(=O)(=O)c2c(Cl)cccc2Cl)CC1. The van der Waals surface area contributed by atoms with Crippen molar-refractivity contribution in [3.8, 4) is 0 Å². The number of rotatable bonds is 3. The van der Waals surface area contributed by atoms with Crippen LogP contribution in [0.2, 0.25) is 10.0 Å². The van der Waals surface area contributed by atoms with E-state index in [9.17, 15) is 8.42 Å². The molecule has 0 amide bonds. The molecule has 1 aliphatic heterocycles. The molecule has 0 atom stereocenters. The molecule has 1 aliphatic rings. The normalized spacial score (nSPS) is 18.7. The van der Waals surface area contributed by atoms with Gasteiger partial charge in [0.25, 0.3) is 0 Å². The molecule has 1 fully saturated rings. The van der Waals surface area contributed by atoms with Crippen LogP contribution in [0.1, 0.15) is 12.8 Å². The van der Waals surface area contributed by atoms with Crippen LogP contribution in [-0.2, 0) is 10.0 Å². The highest BCUT2D eigenvalue weighted by Crippen LogP contribution is 2.32. The lowest BCUT2D eigenvalue weighted by atomic mass is 10.1. The van der Waals surface area contributed by atoms with Crippen LogP contribution < -0.4 is 5.32 Å². The zero-order valence-corrected chi connectivity index (χ0v) is 12.9. The summed E-state index contributed by atoms with van der Waals surface area (Å²) in [5, 5.41) is 3.50. The molecular weight excluding hydrogens is 307 g/mol. The summed E-state index contributed by atoms with van der Waals surface area (Å²) >= 11 is 12.0. The highest BCUT2D eigenvalue weighted by Gasteiger charge is 2.31. The Balaban J connectivity index is 2.29. The van der Waals surface area contributed by atoms with Crippen LogP contribution in [0.15, 0.2) is 23.1 Å². The first-order valence-corrected chi connectivity index (χ1v) is 8.28. The standard InChI is InChI=1S/C12H16Cl2N2O2S/c1-15-9-5-7-16(8-6-9)19(17,18)12-10(13)3-2-4-11(12)14/h2-4,9,15H,5-8H2,1H3. The van der Waals surface area contributed by atoms with Crippen molar-refractivity contribution in [1.82, 2.24) is 9.62 Å². The zero-order chi connectivity index (χ0) is 14.0. The van der Waals surface area contributed by atoms with Gasteiger partial charge in [-0.1, -0.05) is 29.3 Å². The summed E-state index contributed by atoms with van der Waals surface area (Å²) in [6, 6.07) is 5.09. The Morgan fingerprint density at radius 2 is 1.74 bits per heavy atom. The Morgan fingerprint density at radius 1 is 1.21 bits per heavy atom. The quantitative estimate of drug-likeness (QED) is 0.929. The highest BCUT2D eigenvalue weighted by atomic mass is 35.5. The van der Waals surface area contributed by atoms with Gasteiger partial charge in [-0.3, -0.25) is 0 Å². The molecule has 0 spiro atoms. The maximum absolute atomic E-state index is 12.6. The van der Waals surface area contributed by atoms with Crippen LogP contribution >= 0.6 is 23.2 Å². The summed E-state index contributed by atoms with van der Waals surface area (Å²) in [5.74, 6) is 0. The minimum Gasteiger partial charge on any atom is -0.317 e. The van der Waals surface area contributed by atoms with E-state index in [4.69, 9.17) is 23.2 Å². The Labute approximate surface area is 123 Å². The zero-order valence-electron chi connectivity index (χ0n) is 10.6. The van der Waals surface area contributed by atoms with Crippen molar-refractivity contribution in [1.29, 1.82) is 0 Å². The predicted octanol–water partition coefficient (Wildman–Crippen LogP) is 2.37. The van der Waals surface area contributed by atoms with E-state index >= 15 is 0 Å². The summed E-state index contributed by atoms with van der Waals surface area (Å²) in [5.41, 5.74) is 0. The Morgan fingerprint density at radius 3 is 2.21 bits per heavy atom. The fourth-order valence-electron chi connectivity index (χ4n) is 2.24. The number of halogens is 2. The highest BCUT2D eigenvalue weighted by molar-refractivity contribution is 7.89. The molecule has 19 heavy (non-hydrogen) atoms. The minimum absolute atomic E-state index is 0.0150. The van der Waals surface area contributed by atoms with E-state index in [1.54, 1.807) is 18.2 Å². The second-order valence-corrected chi connectivity index (χ2v) is 7.21. The lowest BCUT2D eigenvalue weighted by Crippen LogP contribution is -2.44. The van der Waals surface area contributed by atoms with Crippen molar-refractivity contribution in [3.05, 3.63) is 28.2 Å². The molecule has 4 nitrogen and oxygen atoms in total. The number of hydrogen-bond acceptors (Lipinski definition) is 3. The van der Waals surface area contributed by atoms with Gasteiger partial charge in [-0.15, -0.1) is 0 Å². The first-order chi connectivity index (χ1) is 8.96. The van der Waals surface area contributed by atoms with Crippen LogP contribution in [0.25, 0.3) is 0 Å². The van der Waals surface area contributed by atoms with Crippen molar-refractivity contribution in [2.45, 2.75) is 23.8 Å². The Kier molecular flexibility index (Phi) is 4.74. The van der Waals surface area contributed by atoms with E-state index in [1.165, 1.54) is 4.31 Å². The van der Waals surface area contributed by atoms with Gasteiger partial charge in [-0.05, 0) is 32.0 Å². The van der Waals surface area contributed by atoms with E-state index in [0.29, 0.717) is 19.1 Å². The van der Waals surface area contributed by atoms with Crippen LogP contribution in [0.3, 0.4) is 0 Å². The number of piperidine rings is 1. The minimum atomic E-state index is -3.61. The molecule has 0 bridgehead atoms. The molecule has 7 heteroatoms. The average molecular weight is 323 g/mol. The first-order valence-electron chi connectivity index (χ1n) is 6.08. The number of nitrogens with one attached hydrogen (secondary N) is 1. The van der Waals surface area contributed by atoms with Gasteiger partial charge in [0.15, 0.2) is 0 Å². The predicted molar refractivity (Wildman–Crippen MR) is 77.3 cm³/mol. The molecule has 1 aromatic rings. The number of benzene rings is 1. The molecule has 1 aromatic carbocycles. The fraction of sp³-hybridized carbons (Fsp3) is 0.500. The average Bonchev–Trinajstić information content (AvgIpc) is 2.38. The van der Waals surface area contributed by atoms with Gasteiger partial charge in [-0.25, -0.2) is 8.42 Å². The van der Waals surface area contributed by atoms with Gasteiger partial charge in [-0.2, -0.15) is 4.31 Å². The molecule has 1 heterocycles. The smallest absolute Gasteiger partial charge is 0.246 e. The molecule has 1 N–H and O–H groups in total. The van der Waals surface area contributed by atoms with Crippen LogP contribution in [-0.4, -0.2) is 38.9 Å². The maximum atomic E-state index is 12.6. The van der Waals surface area contributed by atoms with Crippen molar-refractivity contribution < 1.29 is 8.42 Å².